The van der Waals surface area contributed by atoms with Gasteiger partial charge in [0.05, 0.1) is 4.90 Å². The van der Waals surface area contributed by atoms with E-state index in [9.17, 15) is 12.8 Å². The fourth-order valence-corrected chi connectivity index (χ4v) is 2.43. The molecule has 0 bridgehead atoms. The third kappa shape index (κ3) is 3.49. The average molecular weight is 315 g/mol. The zero-order valence-electron chi connectivity index (χ0n) is 10.6. The summed E-state index contributed by atoms with van der Waals surface area (Å²) in [6.45, 7) is 0. The number of benzene rings is 2. The maximum Gasteiger partial charge on any atom is 0.175 e. The molecule has 0 fully saturated rings. The normalized spacial score (nSPS) is 11.3. The topological polar surface area (TPSA) is 43.4 Å². The molecule has 0 unspecified atom stereocenters. The molecule has 0 saturated heterocycles. The first-order valence-electron chi connectivity index (χ1n) is 5.72. The lowest BCUT2D eigenvalue weighted by Gasteiger charge is -2.08. The molecule has 0 aromatic heterocycles. The summed E-state index contributed by atoms with van der Waals surface area (Å²) in [4.78, 5) is 0.118. The van der Waals surface area contributed by atoms with Crippen molar-refractivity contribution in [2.45, 2.75) is 10.8 Å². The van der Waals surface area contributed by atoms with Crippen molar-refractivity contribution in [1.29, 1.82) is 0 Å². The van der Waals surface area contributed by atoms with Gasteiger partial charge in [-0.3, -0.25) is 0 Å². The smallest absolute Gasteiger partial charge is 0.175 e. The Labute approximate surface area is 121 Å². The van der Waals surface area contributed by atoms with Gasteiger partial charge in [0.15, 0.2) is 21.4 Å². The minimum absolute atomic E-state index is 0.0181. The Kier molecular flexibility index (Phi) is 4.30. The van der Waals surface area contributed by atoms with Crippen molar-refractivity contribution in [2.75, 3.05) is 6.26 Å². The highest BCUT2D eigenvalue weighted by Gasteiger charge is 2.10. The maximum absolute atomic E-state index is 13.8. The van der Waals surface area contributed by atoms with Gasteiger partial charge in [-0.05, 0) is 35.9 Å². The monoisotopic (exact) mass is 314 g/mol. The van der Waals surface area contributed by atoms with Crippen LogP contribution in [0.25, 0.3) is 0 Å². The Morgan fingerprint density at radius 2 is 1.95 bits per heavy atom. The Morgan fingerprint density at radius 1 is 1.20 bits per heavy atom. The van der Waals surface area contributed by atoms with Crippen molar-refractivity contribution in [3.05, 3.63) is 53.8 Å². The Balaban J connectivity index is 2.31. The lowest BCUT2D eigenvalue weighted by atomic mass is 10.2. The van der Waals surface area contributed by atoms with Crippen molar-refractivity contribution in [3.8, 4) is 11.5 Å². The summed E-state index contributed by atoms with van der Waals surface area (Å²) in [6.07, 6.45) is 1.10. The molecule has 0 aliphatic heterocycles. The molecule has 0 aliphatic rings. The molecule has 2 aromatic rings. The van der Waals surface area contributed by atoms with Gasteiger partial charge in [0.1, 0.15) is 5.75 Å². The van der Waals surface area contributed by atoms with Gasteiger partial charge in [0.2, 0.25) is 0 Å². The van der Waals surface area contributed by atoms with Crippen molar-refractivity contribution >= 4 is 21.4 Å². The molecule has 0 atom stereocenters. The predicted molar refractivity (Wildman–Crippen MR) is 75.6 cm³/mol. The first-order valence-corrected chi connectivity index (χ1v) is 8.15. The highest BCUT2D eigenvalue weighted by Crippen LogP contribution is 2.27. The first-order chi connectivity index (χ1) is 9.40. The van der Waals surface area contributed by atoms with Gasteiger partial charge in [-0.1, -0.05) is 12.1 Å². The van der Waals surface area contributed by atoms with Crippen molar-refractivity contribution in [2.24, 2.45) is 0 Å². The molecule has 3 nitrogen and oxygen atoms in total. The molecule has 0 radical (unpaired) electrons. The maximum atomic E-state index is 13.8. The third-order valence-electron chi connectivity index (χ3n) is 2.61. The van der Waals surface area contributed by atoms with Crippen LogP contribution in [0.2, 0.25) is 0 Å². The number of sulfone groups is 1. The van der Waals surface area contributed by atoms with Crippen molar-refractivity contribution in [1.82, 2.24) is 0 Å². The Bertz CT molecular complexity index is 729. The SMILES string of the molecule is CS(=O)(=O)c1cccc(Oc2ccc(CCl)cc2F)c1. The Hall–Kier alpha value is -1.59. The summed E-state index contributed by atoms with van der Waals surface area (Å²) in [5.41, 5.74) is 0.640. The molecule has 106 valence electrons. The van der Waals surface area contributed by atoms with Crippen LogP contribution in [0.1, 0.15) is 5.56 Å². The van der Waals surface area contributed by atoms with Crippen LogP contribution < -0.4 is 4.74 Å². The van der Waals surface area contributed by atoms with Crippen LogP contribution in [0.3, 0.4) is 0 Å². The number of alkyl halides is 1. The van der Waals surface area contributed by atoms with E-state index in [1.54, 1.807) is 12.1 Å². The van der Waals surface area contributed by atoms with Crippen molar-refractivity contribution < 1.29 is 17.5 Å². The summed E-state index contributed by atoms with van der Waals surface area (Å²) in [7, 11) is -3.33. The zero-order valence-corrected chi connectivity index (χ0v) is 12.2. The van der Waals surface area contributed by atoms with E-state index in [-0.39, 0.29) is 22.3 Å². The highest BCUT2D eigenvalue weighted by atomic mass is 35.5. The molecular weight excluding hydrogens is 303 g/mol. The summed E-state index contributed by atoms with van der Waals surface area (Å²) >= 11 is 5.61. The second-order valence-corrected chi connectivity index (χ2v) is 6.53. The lowest BCUT2D eigenvalue weighted by Crippen LogP contribution is -1.97. The van der Waals surface area contributed by atoms with E-state index in [2.05, 4.69) is 0 Å². The summed E-state index contributed by atoms with van der Waals surface area (Å²) in [5.74, 6) is -0.0660. The predicted octanol–water partition coefficient (Wildman–Crippen LogP) is 3.76. The van der Waals surface area contributed by atoms with E-state index in [0.717, 1.165) is 6.26 Å². The number of rotatable bonds is 4. The summed E-state index contributed by atoms with van der Waals surface area (Å²) in [5, 5.41) is 0. The van der Waals surface area contributed by atoms with Crippen LogP contribution in [0.4, 0.5) is 4.39 Å². The molecule has 0 heterocycles. The van der Waals surface area contributed by atoms with Crippen LogP contribution in [0, 0.1) is 5.82 Å². The fourth-order valence-electron chi connectivity index (χ4n) is 1.61. The van der Waals surface area contributed by atoms with Gasteiger partial charge in [0.25, 0.3) is 0 Å². The Morgan fingerprint density at radius 3 is 2.55 bits per heavy atom. The van der Waals surface area contributed by atoms with E-state index in [1.807, 2.05) is 0 Å². The molecule has 2 aromatic carbocycles. The number of halogens is 2. The molecule has 0 saturated carbocycles. The molecular formula is C14H12ClFO3S. The lowest BCUT2D eigenvalue weighted by molar-refractivity contribution is 0.440. The van der Waals surface area contributed by atoms with E-state index in [4.69, 9.17) is 16.3 Å². The average Bonchev–Trinajstić information content (AvgIpc) is 2.40. The molecule has 0 aliphatic carbocycles. The minimum atomic E-state index is -3.33. The molecule has 6 heteroatoms. The van der Waals surface area contributed by atoms with Crippen LogP contribution in [-0.4, -0.2) is 14.7 Å². The zero-order chi connectivity index (χ0) is 14.8. The van der Waals surface area contributed by atoms with Gasteiger partial charge < -0.3 is 4.74 Å². The van der Waals surface area contributed by atoms with Crippen LogP contribution in [0.5, 0.6) is 11.5 Å². The first kappa shape index (κ1) is 14.8. The third-order valence-corrected chi connectivity index (χ3v) is 4.03. The second-order valence-electron chi connectivity index (χ2n) is 4.25. The quantitative estimate of drug-likeness (QED) is 0.807. The molecule has 20 heavy (non-hydrogen) atoms. The van der Waals surface area contributed by atoms with Gasteiger partial charge in [-0.25, -0.2) is 12.8 Å². The number of hydrogen-bond acceptors (Lipinski definition) is 3. The highest BCUT2D eigenvalue weighted by molar-refractivity contribution is 7.90. The molecule has 0 N–H and O–H groups in total. The van der Waals surface area contributed by atoms with Gasteiger partial charge in [-0.2, -0.15) is 0 Å². The second kappa shape index (κ2) is 5.81. The van der Waals surface area contributed by atoms with E-state index < -0.39 is 15.7 Å². The van der Waals surface area contributed by atoms with Crippen LogP contribution in [-0.2, 0) is 15.7 Å². The van der Waals surface area contributed by atoms with Gasteiger partial charge in [0, 0.05) is 12.1 Å². The van der Waals surface area contributed by atoms with Gasteiger partial charge in [-0.15, -0.1) is 11.6 Å². The number of ether oxygens (including phenoxy) is 1. The molecule has 0 spiro atoms. The minimum Gasteiger partial charge on any atom is -0.454 e. The van der Waals surface area contributed by atoms with E-state index in [1.165, 1.54) is 30.3 Å². The van der Waals surface area contributed by atoms with Gasteiger partial charge >= 0.3 is 0 Å². The van der Waals surface area contributed by atoms with Crippen molar-refractivity contribution in [3.63, 3.8) is 0 Å². The number of hydrogen-bond donors (Lipinski definition) is 0. The summed E-state index contributed by atoms with van der Waals surface area (Å²) < 4.78 is 42.0. The molecule has 0 amide bonds. The van der Waals surface area contributed by atoms with Crippen LogP contribution in [0.15, 0.2) is 47.4 Å². The largest absolute Gasteiger partial charge is 0.454 e. The standard InChI is InChI=1S/C14H12ClFO3S/c1-20(17,18)12-4-2-3-11(8-12)19-14-6-5-10(9-15)7-13(14)16/h2-8H,9H2,1H3. The molecule has 2 rings (SSSR count). The van der Waals surface area contributed by atoms with Crippen LogP contribution >= 0.6 is 11.6 Å². The van der Waals surface area contributed by atoms with E-state index >= 15 is 0 Å². The van der Waals surface area contributed by atoms with E-state index in [0.29, 0.717) is 5.56 Å². The fraction of sp³-hybridized carbons (Fsp3) is 0.143. The summed E-state index contributed by atoms with van der Waals surface area (Å²) in [6, 6.07) is 10.3.